The molecule has 2 N–H and O–H groups in total. The Morgan fingerprint density at radius 2 is 2.20 bits per heavy atom. The second-order valence-corrected chi connectivity index (χ2v) is 6.29. The summed E-state index contributed by atoms with van der Waals surface area (Å²) in [4.78, 5) is 0. The van der Waals surface area contributed by atoms with Gasteiger partial charge in [0.05, 0.1) is 7.11 Å². The van der Waals surface area contributed by atoms with Crippen molar-refractivity contribution < 1.29 is 4.74 Å². The van der Waals surface area contributed by atoms with E-state index in [4.69, 9.17) is 10.5 Å². The molecular weight excluding hydrogens is 316 g/mol. The van der Waals surface area contributed by atoms with Crippen molar-refractivity contribution in [2.24, 2.45) is 11.7 Å². The molecule has 0 bridgehead atoms. The SMILES string of the molecule is COc1ccc(Br)c(Cn2ccc(C(N)C3CC3)c2)c1. The molecule has 0 aliphatic heterocycles. The third-order valence-corrected chi connectivity index (χ3v) is 4.67. The van der Waals surface area contributed by atoms with Crippen LogP contribution in [0.1, 0.15) is 30.0 Å². The summed E-state index contributed by atoms with van der Waals surface area (Å²) in [6, 6.07) is 8.37. The molecule has 2 aromatic rings. The lowest BCUT2D eigenvalue weighted by molar-refractivity contribution is 0.414. The maximum absolute atomic E-state index is 6.24. The van der Waals surface area contributed by atoms with Gasteiger partial charge in [0.2, 0.25) is 0 Å². The van der Waals surface area contributed by atoms with E-state index in [0.29, 0.717) is 5.92 Å². The normalized spacial score (nSPS) is 16.1. The number of halogens is 1. The van der Waals surface area contributed by atoms with Crippen LogP contribution in [0.4, 0.5) is 0 Å². The molecule has 1 aliphatic rings. The lowest BCUT2D eigenvalue weighted by atomic mass is 10.1. The third-order valence-electron chi connectivity index (χ3n) is 3.89. The number of nitrogens with zero attached hydrogens (tertiary/aromatic N) is 1. The molecule has 1 aliphatic carbocycles. The molecule has 1 fully saturated rings. The maximum atomic E-state index is 6.24. The molecule has 1 atom stereocenters. The van der Waals surface area contributed by atoms with Crippen LogP contribution >= 0.6 is 15.9 Å². The molecule has 0 saturated heterocycles. The van der Waals surface area contributed by atoms with Gasteiger partial charge in [0.25, 0.3) is 0 Å². The van der Waals surface area contributed by atoms with Crippen LogP contribution < -0.4 is 10.5 Å². The first-order valence-electron chi connectivity index (χ1n) is 6.91. The third kappa shape index (κ3) is 2.91. The summed E-state index contributed by atoms with van der Waals surface area (Å²) in [5.74, 6) is 1.57. The van der Waals surface area contributed by atoms with E-state index < -0.39 is 0 Å². The monoisotopic (exact) mass is 334 g/mol. The van der Waals surface area contributed by atoms with Gasteiger partial charge in [-0.05, 0) is 54.2 Å². The second kappa shape index (κ2) is 5.62. The molecular formula is C16H19BrN2O. The Labute approximate surface area is 127 Å². The lowest BCUT2D eigenvalue weighted by Gasteiger charge is -2.09. The van der Waals surface area contributed by atoms with Crippen molar-refractivity contribution in [3.63, 3.8) is 0 Å². The van der Waals surface area contributed by atoms with E-state index in [1.54, 1.807) is 7.11 Å². The van der Waals surface area contributed by atoms with E-state index >= 15 is 0 Å². The van der Waals surface area contributed by atoms with E-state index in [9.17, 15) is 0 Å². The summed E-state index contributed by atoms with van der Waals surface area (Å²) < 4.78 is 8.56. The standard InChI is InChI=1S/C16H19BrN2O/c1-20-14-4-5-15(17)13(8-14)10-19-7-6-12(9-19)16(18)11-2-3-11/h4-9,11,16H,2-3,10,18H2,1H3. The minimum absolute atomic E-state index is 0.199. The fourth-order valence-electron chi connectivity index (χ4n) is 2.48. The van der Waals surface area contributed by atoms with Crippen molar-refractivity contribution in [2.45, 2.75) is 25.4 Å². The first kappa shape index (κ1) is 13.7. The van der Waals surface area contributed by atoms with Crippen LogP contribution in [0.5, 0.6) is 5.75 Å². The highest BCUT2D eigenvalue weighted by Gasteiger charge is 2.29. The van der Waals surface area contributed by atoms with E-state index in [0.717, 1.165) is 16.8 Å². The molecule has 0 spiro atoms. The van der Waals surface area contributed by atoms with Crippen LogP contribution in [0.15, 0.2) is 41.1 Å². The Bertz CT molecular complexity index is 604. The lowest BCUT2D eigenvalue weighted by Crippen LogP contribution is -2.11. The molecule has 20 heavy (non-hydrogen) atoms. The number of nitrogens with two attached hydrogens (primary N) is 1. The van der Waals surface area contributed by atoms with Gasteiger partial charge in [-0.3, -0.25) is 0 Å². The Hall–Kier alpha value is -1.26. The first-order valence-corrected chi connectivity index (χ1v) is 7.70. The average molecular weight is 335 g/mol. The minimum Gasteiger partial charge on any atom is -0.497 e. The Kier molecular flexibility index (Phi) is 3.85. The van der Waals surface area contributed by atoms with Gasteiger partial charge < -0.3 is 15.0 Å². The van der Waals surface area contributed by atoms with Gasteiger partial charge in [0, 0.05) is 29.5 Å². The number of methoxy groups -OCH3 is 1. The molecule has 1 heterocycles. The molecule has 0 radical (unpaired) electrons. The molecule has 1 unspecified atom stereocenters. The number of hydrogen-bond donors (Lipinski definition) is 1. The summed E-state index contributed by atoms with van der Waals surface area (Å²) in [6.07, 6.45) is 6.81. The molecule has 3 rings (SSSR count). The molecule has 0 amide bonds. The predicted octanol–water partition coefficient (Wildman–Crippen LogP) is 3.72. The van der Waals surface area contributed by atoms with Gasteiger partial charge in [-0.25, -0.2) is 0 Å². The first-order chi connectivity index (χ1) is 9.67. The minimum atomic E-state index is 0.199. The van der Waals surface area contributed by atoms with Crippen molar-refractivity contribution in [3.05, 3.63) is 52.3 Å². The Morgan fingerprint density at radius 1 is 1.40 bits per heavy atom. The van der Waals surface area contributed by atoms with Crippen molar-refractivity contribution >= 4 is 15.9 Å². The van der Waals surface area contributed by atoms with Crippen molar-refractivity contribution in [1.82, 2.24) is 4.57 Å². The number of hydrogen-bond acceptors (Lipinski definition) is 2. The highest BCUT2D eigenvalue weighted by molar-refractivity contribution is 9.10. The quantitative estimate of drug-likeness (QED) is 0.905. The van der Waals surface area contributed by atoms with Gasteiger partial charge >= 0.3 is 0 Å². The van der Waals surface area contributed by atoms with Crippen molar-refractivity contribution in [2.75, 3.05) is 7.11 Å². The van der Waals surface area contributed by atoms with Crippen LogP contribution in [-0.2, 0) is 6.54 Å². The topological polar surface area (TPSA) is 40.2 Å². The zero-order valence-corrected chi connectivity index (χ0v) is 13.1. The summed E-state index contributed by atoms with van der Waals surface area (Å²) in [7, 11) is 1.69. The molecule has 4 heteroatoms. The number of benzene rings is 1. The Balaban J connectivity index is 1.77. The van der Waals surface area contributed by atoms with Crippen LogP contribution in [0.3, 0.4) is 0 Å². The average Bonchev–Trinajstić information content (AvgIpc) is 3.20. The van der Waals surface area contributed by atoms with Crippen LogP contribution in [0.25, 0.3) is 0 Å². The smallest absolute Gasteiger partial charge is 0.119 e. The van der Waals surface area contributed by atoms with E-state index in [-0.39, 0.29) is 6.04 Å². The highest BCUT2D eigenvalue weighted by atomic mass is 79.9. The fourth-order valence-corrected chi connectivity index (χ4v) is 2.85. The van der Waals surface area contributed by atoms with Gasteiger partial charge in [0.1, 0.15) is 5.75 Å². The highest BCUT2D eigenvalue weighted by Crippen LogP contribution is 2.39. The van der Waals surface area contributed by atoms with E-state index in [1.807, 2.05) is 12.1 Å². The van der Waals surface area contributed by atoms with E-state index in [1.165, 1.54) is 24.0 Å². The largest absolute Gasteiger partial charge is 0.497 e. The number of aromatic nitrogens is 1. The second-order valence-electron chi connectivity index (χ2n) is 5.44. The van der Waals surface area contributed by atoms with Crippen LogP contribution in [-0.4, -0.2) is 11.7 Å². The van der Waals surface area contributed by atoms with E-state index in [2.05, 4.69) is 45.0 Å². The molecule has 1 aromatic heterocycles. The number of ether oxygens (including phenoxy) is 1. The van der Waals surface area contributed by atoms with Gasteiger partial charge in [0.15, 0.2) is 0 Å². The zero-order valence-electron chi connectivity index (χ0n) is 11.6. The summed E-state index contributed by atoms with van der Waals surface area (Å²) >= 11 is 3.59. The maximum Gasteiger partial charge on any atom is 0.119 e. The fraction of sp³-hybridized carbons (Fsp3) is 0.375. The molecule has 1 aromatic carbocycles. The molecule has 3 nitrogen and oxygen atoms in total. The predicted molar refractivity (Wildman–Crippen MR) is 83.9 cm³/mol. The summed E-state index contributed by atoms with van der Waals surface area (Å²) in [5.41, 5.74) is 8.68. The zero-order chi connectivity index (χ0) is 14.1. The Morgan fingerprint density at radius 3 is 2.90 bits per heavy atom. The van der Waals surface area contributed by atoms with Crippen molar-refractivity contribution in [3.8, 4) is 5.75 Å². The summed E-state index contributed by atoms with van der Waals surface area (Å²) in [5, 5.41) is 0. The van der Waals surface area contributed by atoms with Gasteiger partial charge in [-0.2, -0.15) is 0 Å². The van der Waals surface area contributed by atoms with Crippen LogP contribution in [0.2, 0.25) is 0 Å². The molecule has 1 saturated carbocycles. The van der Waals surface area contributed by atoms with Crippen LogP contribution in [0, 0.1) is 5.92 Å². The van der Waals surface area contributed by atoms with Gasteiger partial charge in [-0.15, -0.1) is 0 Å². The van der Waals surface area contributed by atoms with Gasteiger partial charge in [-0.1, -0.05) is 15.9 Å². The van der Waals surface area contributed by atoms with Crippen molar-refractivity contribution in [1.29, 1.82) is 0 Å². The summed E-state index contributed by atoms with van der Waals surface area (Å²) in [6.45, 7) is 0.815. The number of rotatable bonds is 5. The molecule has 106 valence electrons.